The molecular formula is C30H55N4O4PS2. The Bertz CT molecular complexity index is 981. The molecule has 0 spiro atoms. The van der Waals surface area contributed by atoms with Gasteiger partial charge in [0.15, 0.2) is 5.65 Å². The summed E-state index contributed by atoms with van der Waals surface area (Å²) in [4.78, 5) is 22.9. The molecule has 8 nitrogen and oxygen atoms in total. The van der Waals surface area contributed by atoms with E-state index >= 15 is 0 Å². The van der Waals surface area contributed by atoms with Crippen molar-refractivity contribution in [3.63, 3.8) is 0 Å². The Balaban J connectivity index is 1.35. The van der Waals surface area contributed by atoms with Crippen LogP contribution < -0.4 is 0 Å². The fourth-order valence-corrected chi connectivity index (χ4v) is 7.89. The van der Waals surface area contributed by atoms with Crippen LogP contribution in [0.3, 0.4) is 0 Å². The Morgan fingerprint density at radius 1 is 0.854 bits per heavy atom. The van der Waals surface area contributed by atoms with E-state index in [0.29, 0.717) is 6.54 Å². The fraction of sp³-hybridized carbons (Fsp3) is 0.833. The molecule has 0 amide bonds. The molecule has 41 heavy (non-hydrogen) atoms. The first kappa shape index (κ1) is 36.6. The third-order valence-electron chi connectivity index (χ3n) is 7.14. The normalized spacial score (nSPS) is 14.0. The minimum atomic E-state index is -3.77. The first-order valence-electron chi connectivity index (χ1n) is 15.9. The first-order valence-corrected chi connectivity index (χ1v) is 20.1. The van der Waals surface area contributed by atoms with Gasteiger partial charge in [0.1, 0.15) is 18.2 Å². The van der Waals surface area contributed by atoms with Gasteiger partial charge >= 0.3 is 7.60 Å². The first-order chi connectivity index (χ1) is 19.9. The van der Waals surface area contributed by atoms with Gasteiger partial charge in [-0.25, -0.2) is 15.0 Å². The third-order valence-corrected chi connectivity index (χ3v) is 10.8. The average Bonchev–Trinajstić information content (AvgIpc) is 3.36. The average molecular weight is 631 g/mol. The van der Waals surface area contributed by atoms with Gasteiger partial charge in [-0.2, -0.15) is 0 Å². The Kier molecular flexibility index (Phi) is 20.4. The molecule has 0 aliphatic heterocycles. The van der Waals surface area contributed by atoms with Crippen LogP contribution in [0, 0.1) is 6.92 Å². The molecule has 2 rings (SSSR count). The number of nitrogens with zero attached hydrogens (tertiary/aromatic N) is 4. The summed E-state index contributed by atoms with van der Waals surface area (Å²) in [6, 6.07) is 0. The number of fused-ring (bicyclic) bond motifs is 1. The van der Waals surface area contributed by atoms with E-state index in [1.807, 2.05) is 40.0 Å². The lowest BCUT2D eigenvalue weighted by atomic mass is 10.0. The molecule has 2 aromatic rings. The molecular weight excluding hydrogens is 575 g/mol. The van der Waals surface area contributed by atoms with Gasteiger partial charge in [0.25, 0.3) is 0 Å². The van der Waals surface area contributed by atoms with Gasteiger partial charge in [0.05, 0.1) is 31.3 Å². The third kappa shape index (κ3) is 17.3. The predicted molar refractivity (Wildman–Crippen MR) is 176 cm³/mol. The highest BCUT2D eigenvalue weighted by Gasteiger charge is 2.21. The molecule has 0 saturated carbocycles. The molecule has 2 heterocycles. The topological polar surface area (TPSA) is 99.4 Å². The van der Waals surface area contributed by atoms with Crippen LogP contribution in [0.1, 0.15) is 122 Å². The van der Waals surface area contributed by atoms with Crippen LogP contribution in [-0.2, 0) is 20.4 Å². The van der Waals surface area contributed by atoms with E-state index in [-0.39, 0.29) is 19.1 Å². The number of ether oxygens (including phenoxy) is 1. The maximum Gasteiger partial charge on any atom is 0.353 e. The van der Waals surface area contributed by atoms with Crippen LogP contribution in [0.25, 0.3) is 11.2 Å². The van der Waals surface area contributed by atoms with Gasteiger partial charge < -0.3 is 18.7 Å². The monoisotopic (exact) mass is 630 g/mol. The number of hydrogen-bond donors (Lipinski definition) is 1. The second kappa shape index (κ2) is 22.8. The largest absolute Gasteiger partial charge is 0.364 e. The maximum absolute atomic E-state index is 12.3. The van der Waals surface area contributed by atoms with Gasteiger partial charge in [-0.3, -0.25) is 4.57 Å². The van der Waals surface area contributed by atoms with Crippen LogP contribution >= 0.6 is 29.2 Å². The summed E-state index contributed by atoms with van der Waals surface area (Å²) in [6.45, 7) is 6.77. The molecule has 2 aromatic heterocycles. The van der Waals surface area contributed by atoms with E-state index in [4.69, 9.17) is 9.26 Å². The standard InChI is InChI=1S/C30H55N4O4PS2/c1-4-5-6-7-8-9-10-11-12-13-14-15-16-18-21-40-41-22-19-17-20-38-39(35,36)26-37-27(2)23-34-25-33-29-28(3)31-24-32-30(29)34/h24-25,27H,4-23,26H2,1-3H3,(H,35,36). The van der Waals surface area contributed by atoms with E-state index in [1.54, 1.807) is 6.33 Å². The van der Waals surface area contributed by atoms with Crippen molar-refractivity contribution in [1.29, 1.82) is 0 Å². The molecule has 0 radical (unpaired) electrons. The smallest absolute Gasteiger partial charge is 0.353 e. The van der Waals surface area contributed by atoms with Crippen molar-refractivity contribution in [1.82, 2.24) is 19.5 Å². The molecule has 236 valence electrons. The zero-order valence-electron chi connectivity index (χ0n) is 25.8. The summed E-state index contributed by atoms with van der Waals surface area (Å²) in [5.74, 6) is 2.25. The van der Waals surface area contributed by atoms with E-state index in [1.165, 1.54) is 102 Å². The quantitative estimate of drug-likeness (QED) is 0.0588. The second-order valence-corrected chi connectivity index (χ2v) is 15.5. The van der Waals surface area contributed by atoms with E-state index in [2.05, 4.69) is 21.9 Å². The predicted octanol–water partition coefficient (Wildman–Crippen LogP) is 9.34. The molecule has 1 N–H and O–H groups in total. The van der Waals surface area contributed by atoms with Gasteiger partial charge in [-0.1, -0.05) is 112 Å². The van der Waals surface area contributed by atoms with Crippen molar-refractivity contribution in [3.05, 3.63) is 18.3 Å². The number of aromatic nitrogens is 4. The zero-order valence-corrected chi connectivity index (χ0v) is 28.3. The van der Waals surface area contributed by atoms with E-state index < -0.39 is 7.60 Å². The summed E-state index contributed by atoms with van der Waals surface area (Å²) in [7, 11) is 0.0827. The Morgan fingerprint density at radius 3 is 2.02 bits per heavy atom. The summed E-state index contributed by atoms with van der Waals surface area (Å²) >= 11 is 0. The fourth-order valence-electron chi connectivity index (χ4n) is 4.66. The minimum absolute atomic E-state index is 0.276. The number of rotatable bonds is 27. The SMILES string of the molecule is CCCCCCCCCCCCCCCCSSCCCCOP(=O)(O)COC(C)Cn1cnc2c(C)ncnc21. The summed E-state index contributed by atoms with van der Waals surface area (Å²) in [6.07, 6.45) is 23.9. The lowest BCUT2D eigenvalue weighted by Gasteiger charge is -2.17. The number of aryl methyl sites for hydroxylation is 1. The van der Waals surface area contributed by atoms with Crippen LogP contribution in [0.2, 0.25) is 0 Å². The minimum Gasteiger partial charge on any atom is -0.364 e. The molecule has 0 fully saturated rings. The van der Waals surface area contributed by atoms with Crippen molar-refractivity contribution in [2.24, 2.45) is 0 Å². The Morgan fingerprint density at radius 2 is 1.41 bits per heavy atom. The molecule has 0 aromatic carbocycles. The van der Waals surface area contributed by atoms with Crippen LogP contribution in [0.4, 0.5) is 0 Å². The maximum atomic E-state index is 12.3. The highest BCUT2D eigenvalue weighted by atomic mass is 33.1. The van der Waals surface area contributed by atoms with E-state index in [0.717, 1.165) is 35.5 Å². The molecule has 2 unspecified atom stereocenters. The van der Waals surface area contributed by atoms with Gasteiger partial charge in [-0.15, -0.1) is 0 Å². The lowest BCUT2D eigenvalue weighted by Crippen LogP contribution is -2.17. The molecule has 2 atom stereocenters. The number of imidazole rings is 1. The van der Waals surface area contributed by atoms with E-state index in [9.17, 15) is 9.46 Å². The van der Waals surface area contributed by atoms with Crippen LogP contribution in [0.15, 0.2) is 12.7 Å². The number of unbranched alkanes of at least 4 members (excludes halogenated alkanes) is 14. The van der Waals surface area contributed by atoms with Crippen molar-refractivity contribution in [2.75, 3.05) is 24.5 Å². The van der Waals surface area contributed by atoms with Gasteiger partial charge in [0.2, 0.25) is 0 Å². The summed E-state index contributed by atoms with van der Waals surface area (Å²) < 4.78 is 25.1. The second-order valence-electron chi connectivity index (χ2n) is 11.1. The van der Waals surface area contributed by atoms with Crippen molar-refractivity contribution < 1.29 is 18.7 Å². The molecule has 11 heteroatoms. The van der Waals surface area contributed by atoms with Crippen molar-refractivity contribution in [3.8, 4) is 0 Å². The molecule has 0 saturated heterocycles. The number of hydrogen-bond acceptors (Lipinski definition) is 8. The Hall–Kier alpha value is -0.640. The molecule has 0 aliphatic carbocycles. The highest BCUT2D eigenvalue weighted by Crippen LogP contribution is 2.42. The van der Waals surface area contributed by atoms with Crippen molar-refractivity contribution >= 4 is 40.3 Å². The highest BCUT2D eigenvalue weighted by molar-refractivity contribution is 8.76. The molecule has 0 bridgehead atoms. The van der Waals surface area contributed by atoms with Gasteiger partial charge in [-0.05, 0) is 33.1 Å². The summed E-state index contributed by atoms with van der Waals surface area (Å²) in [5.41, 5.74) is 2.30. The summed E-state index contributed by atoms with van der Waals surface area (Å²) in [5, 5.41) is 0. The molecule has 0 aliphatic rings. The lowest BCUT2D eigenvalue weighted by molar-refractivity contribution is 0.0716. The van der Waals surface area contributed by atoms with Crippen molar-refractivity contribution in [2.45, 2.75) is 136 Å². The van der Waals surface area contributed by atoms with Gasteiger partial charge in [0, 0.05) is 11.5 Å². The van der Waals surface area contributed by atoms with Crippen LogP contribution in [0.5, 0.6) is 0 Å². The zero-order chi connectivity index (χ0) is 29.6. The Labute approximate surface area is 256 Å². The van der Waals surface area contributed by atoms with Crippen LogP contribution in [-0.4, -0.2) is 55.0 Å².